The van der Waals surface area contributed by atoms with Crippen molar-refractivity contribution >= 4 is 17.4 Å². The number of rotatable bonds is 6. The number of piperidine rings is 1. The fourth-order valence-corrected chi connectivity index (χ4v) is 5.42. The minimum Gasteiger partial charge on any atom is -0.406 e. The molecule has 1 heterocycles. The van der Waals surface area contributed by atoms with Gasteiger partial charge in [0.1, 0.15) is 5.75 Å². The molecule has 4 rings (SSSR count). The van der Waals surface area contributed by atoms with Crippen LogP contribution in [-0.2, 0) is 0 Å². The van der Waals surface area contributed by atoms with Crippen molar-refractivity contribution in [3.8, 4) is 11.8 Å². The molecule has 1 saturated carbocycles. The van der Waals surface area contributed by atoms with Crippen LogP contribution in [0.4, 0.5) is 29.3 Å². The molecule has 3 atom stereocenters. The second-order valence-electron chi connectivity index (χ2n) is 9.67. The molecule has 1 aliphatic carbocycles. The van der Waals surface area contributed by atoms with Gasteiger partial charge in [-0.2, -0.15) is 5.26 Å². The van der Waals surface area contributed by atoms with E-state index < -0.39 is 6.36 Å². The zero-order valence-corrected chi connectivity index (χ0v) is 20.1. The zero-order valence-electron chi connectivity index (χ0n) is 20.1. The summed E-state index contributed by atoms with van der Waals surface area (Å²) in [6.45, 7) is 1.97. The van der Waals surface area contributed by atoms with Gasteiger partial charge >= 0.3 is 12.4 Å². The average molecular weight is 501 g/mol. The van der Waals surface area contributed by atoms with E-state index in [2.05, 4.69) is 26.3 Å². The van der Waals surface area contributed by atoms with Gasteiger partial charge < -0.3 is 20.3 Å². The maximum absolute atomic E-state index is 12.7. The molecule has 2 aromatic carbocycles. The molecule has 0 unspecified atom stereocenters. The van der Waals surface area contributed by atoms with Crippen LogP contribution in [0.15, 0.2) is 48.5 Å². The summed E-state index contributed by atoms with van der Waals surface area (Å²) in [6, 6.07) is 14.7. The number of anilines is 2. The highest BCUT2D eigenvalue weighted by atomic mass is 19.4. The maximum Gasteiger partial charge on any atom is 0.573 e. The summed E-state index contributed by atoms with van der Waals surface area (Å²) >= 11 is 0. The van der Waals surface area contributed by atoms with E-state index in [4.69, 9.17) is 5.26 Å². The molecule has 1 aliphatic heterocycles. The minimum atomic E-state index is -4.75. The van der Waals surface area contributed by atoms with Crippen LogP contribution in [0.25, 0.3) is 0 Å². The van der Waals surface area contributed by atoms with E-state index in [9.17, 15) is 18.0 Å². The number of hydrogen-bond donors (Lipinski definition) is 2. The van der Waals surface area contributed by atoms with E-state index >= 15 is 0 Å². The molecular weight excluding hydrogens is 469 g/mol. The molecule has 9 heteroatoms. The summed E-state index contributed by atoms with van der Waals surface area (Å²) in [5, 5.41) is 14.9. The fraction of sp³-hybridized carbons (Fsp3) is 0.481. The summed E-state index contributed by atoms with van der Waals surface area (Å²) in [6.07, 6.45) is 2.77. The molecule has 192 valence electrons. The lowest BCUT2D eigenvalue weighted by Crippen LogP contribution is -2.45. The third-order valence-electron chi connectivity index (χ3n) is 7.09. The van der Waals surface area contributed by atoms with Gasteiger partial charge in [-0.05, 0) is 92.5 Å². The minimum absolute atomic E-state index is 0.0666. The maximum atomic E-state index is 12.7. The number of urea groups is 1. The summed E-state index contributed by atoms with van der Waals surface area (Å²) in [4.78, 5) is 15.0. The molecule has 2 N–H and O–H groups in total. The van der Waals surface area contributed by atoms with Crippen molar-refractivity contribution in [2.75, 3.05) is 23.3 Å². The Morgan fingerprint density at radius 2 is 1.75 bits per heavy atom. The number of carbonyl (C=O) groups excluding carboxylic acids is 1. The lowest BCUT2D eigenvalue weighted by molar-refractivity contribution is -0.274. The summed E-state index contributed by atoms with van der Waals surface area (Å²) < 4.78 is 40.9. The Hall–Kier alpha value is -3.41. The van der Waals surface area contributed by atoms with E-state index in [-0.39, 0.29) is 17.8 Å². The predicted molar refractivity (Wildman–Crippen MR) is 132 cm³/mol. The van der Waals surface area contributed by atoms with Gasteiger partial charge in [-0.15, -0.1) is 13.2 Å². The summed E-state index contributed by atoms with van der Waals surface area (Å²) in [5.74, 6) is 0.590. The largest absolute Gasteiger partial charge is 0.573 e. The Balaban J connectivity index is 1.30. The van der Waals surface area contributed by atoms with Gasteiger partial charge in [0.25, 0.3) is 0 Å². The molecular formula is C27H31F3N4O2. The topological polar surface area (TPSA) is 77.4 Å². The van der Waals surface area contributed by atoms with Crippen molar-refractivity contribution in [3.63, 3.8) is 0 Å². The number of amides is 2. The number of nitrogens with one attached hydrogen (secondary N) is 2. The highest BCUT2D eigenvalue weighted by molar-refractivity contribution is 5.89. The number of halogens is 3. The highest BCUT2D eigenvalue weighted by Crippen LogP contribution is 2.34. The first-order valence-electron chi connectivity index (χ1n) is 12.5. The second-order valence-corrected chi connectivity index (χ2v) is 9.67. The van der Waals surface area contributed by atoms with Crippen LogP contribution in [0.1, 0.15) is 50.5 Å². The third-order valence-corrected chi connectivity index (χ3v) is 7.09. The van der Waals surface area contributed by atoms with Gasteiger partial charge in [-0.1, -0.05) is 12.8 Å². The van der Waals surface area contributed by atoms with Crippen LogP contribution in [0.5, 0.6) is 5.75 Å². The van der Waals surface area contributed by atoms with Crippen LogP contribution in [-0.4, -0.2) is 31.5 Å². The van der Waals surface area contributed by atoms with E-state index in [0.29, 0.717) is 23.1 Å². The van der Waals surface area contributed by atoms with Crippen molar-refractivity contribution in [3.05, 3.63) is 54.1 Å². The monoisotopic (exact) mass is 500 g/mol. The van der Waals surface area contributed by atoms with Gasteiger partial charge in [0, 0.05) is 30.5 Å². The van der Waals surface area contributed by atoms with Gasteiger partial charge in [-0.25, -0.2) is 4.79 Å². The van der Waals surface area contributed by atoms with Gasteiger partial charge in [0.05, 0.1) is 11.6 Å². The number of carbonyl (C=O) groups is 1. The van der Waals surface area contributed by atoms with E-state index in [1.54, 1.807) is 0 Å². The zero-order chi connectivity index (χ0) is 25.5. The molecule has 2 aliphatic rings. The molecule has 2 fully saturated rings. The van der Waals surface area contributed by atoms with Crippen LogP contribution in [0.3, 0.4) is 0 Å². The van der Waals surface area contributed by atoms with Crippen molar-refractivity contribution in [1.29, 1.82) is 5.26 Å². The Kier molecular flexibility index (Phi) is 8.24. The average Bonchev–Trinajstić information content (AvgIpc) is 2.86. The number of nitriles is 1. The van der Waals surface area contributed by atoms with Crippen LogP contribution < -0.4 is 20.3 Å². The number of ether oxygens (including phenoxy) is 1. The second kappa shape index (κ2) is 11.5. The number of hydrogen-bond acceptors (Lipinski definition) is 4. The van der Waals surface area contributed by atoms with Gasteiger partial charge in [-0.3, -0.25) is 0 Å². The van der Waals surface area contributed by atoms with Crippen LogP contribution >= 0.6 is 0 Å². The number of nitrogens with zero attached hydrogens (tertiary/aromatic N) is 2. The summed E-state index contributed by atoms with van der Waals surface area (Å²) in [7, 11) is 0. The molecule has 6 nitrogen and oxygen atoms in total. The van der Waals surface area contributed by atoms with Gasteiger partial charge in [0.2, 0.25) is 0 Å². The Labute approximate surface area is 209 Å². The van der Waals surface area contributed by atoms with E-state index in [1.807, 2.05) is 24.3 Å². The van der Waals surface area contributed by atoms with Crippen LogP contribution in [0.2, 0.25) is 0 Å². The SMILES string of the molecule is N#Cc1ccc(N2CCC[C@H](C[C@@H]3CCCC[C@H]3NC(=O)Nc3ccc(OC(F)(F)F)cc3)C2)cc1. The quantitative estimate of drug-likeness (QED) is 0.478. The Morgan fingerprint density at radius 1 is 1.03 bits per heavy atom. The first kappa shape index (κ1) is 25.7. The van der Waals surface area contributed by atoms with Crippen molar-refractivity contribution < 1.29 is 22.7 Å². The molecule has 2 amide bonds. The molecule has 0 spiro atoms. The molecule has 36 heavy (non-hydrogen) atoms. The molecule has 2 aromatic rings. The normalized spacial score (nSPS) is 22.4. The molecule has 0 radical (unpaired) electrons. The molecule has 0 bridgehead atoms. The van der Waals surface area contributed by atoms with Gasteiger partial charge in [0.15, 0.2) is 0 Å². The van der Waals surface area contributed by atoms with Crippen molar-refractivity contribution in [2.24, 2.45) is 11.8 Å². The van der Waals surface area contributed by atoms with E-state index in [0.717, 1.165) is 63.7 Å². The first-order valence-corrected chi connectivity index (χ1v) is 12.5. The lowest BCUT2D eigenvalue weighted by Gasteiger charge is -2.39. The Morgan fingerprint density at radius 3 is 2.44 bits per heavy atom. The number of benzene rings is 2. The van der Waals surface area contributed by atoms with Crippen LogP contribution in [0, 0.1) is 23.2 Å². The highest BCUT2D eigenvalue weighted by Gasteiger charge is 2.32. The first-order chi connectivity index (χ1) is 17.3. The molecule has 0 aromatic heterocycles. The molecule has 1 saturated heterocycles. The predicted octanol–water partition coefficient (Wildman–Crippen LogP) is 6.44. The van der Waals surface area contributed by atoms with Crippen molar-refractivity contribution in [1.82, 2.24) is 5.32 Å². The summed E-state index contributed by atoms with van der Waals surface area (Å²) in [5.41, 5.74) is 2.20. The standard InChI is InChI=1S/C27H31F3N4O2/c28-27(29,30)36-24-13-9-22(10-14-24)32-26(35)33-25-6-2-1-5-21(25)16-20-4-3-15-34(18-20)23-11-7-19(17-31)8-12-23/h7-14,20-21,25H,1-6,15-16,18H2,(H2,32,33,35)/t20-,21+,25-/m1/s1. The fourth-order valence-electron chi connectivity index (χ4n) is 5.42. The number of alkyl halides is 3. The van der Waals surface area contributed by atoms with E-state index in [1.165, 1.54) is 24.3 Å². The van der Waals surface area contributed by atoms with Crippen molar-refractivity contribution in [2.45, 2.75) is 57.3 Å². The lowest BCUT2D eigenvalue weighted by atomic mass is 9.77. The smallest absolute Gasteiger partial charge is 0.406 e. The Bertz CT molecular complexity index is 1050. The third kappa shape index (κ3) is 7.30.